The Morgan fingerprint density at radius 3 is 2.47 bits per heavy atom. The minimum atomic E-state index is -1.27. The molecule has 9 heteroatoms. The fourth-order valence-corrected chi connectivity index (χ4v) is 4.08. The molecule has 1 aliphatic heterocycles. The Kier molecular flexibility index (Phi) is 7.66. The van der Waals surface area contributed by atoms with Crippen LogP contribution in [0.1, 0.15) is 24.5 Å². The molecule has 2 aromatic carbocycles. The second-order valence-electron chi connectivity index (χ2n) is 7.14. The molecule has 168 valence electrons. The largest absolute Gasteiger partial charge is 0.467 e. The molecule has 2 aromatic rings. The highest BCUT2D eigenvalue weighted by Crippen LogP contribution is 2.31. The van der Waals surface area contributed by atoms with Crippen LogP contribution >= 0.6 is 11.8 Å². The predicted octanol–water partition coefficient (Wildman–Crippen LogP) is 2.21. The Morgan fingerprint density at radius 1 is 1.19 bits per heavy atom. The number of amides is 2. The third kappa shape index (κ3) is 4.68. The van der Waals surface area contributed by atoms with E-state index in [0.717, 1.165) is 10.6 Å². The van der Waals surface area contributed by atoms with Crippen molar-refractivity contribution in [2.75, 3.05) is 24.1 Å². The van der Waals surface area contributed by atoms with Gasteiger partial charge < -0.3 is 10.5 Å². The van der Waals surface area contributed by atoms with E-state index in [9.17, 15) is 14.4 Å². The van der Waals surface area contributed by atoms with Gasteiger partial charge in [-0.3, -0.25) is 14.6 Å². The molecule has 0 radical (unpaired) electrons. The van der Waals surface area contributed by atoms with Crippen LogP contribution in [-0.4, -0.2) is 59.8 Å². The summed E-state index contributed by atoms with van der Waals surface area (Å²) < 4.78 is 4.96. The number of thioether (sulfide) groups is 1. The van der Waals surface area contributed by atoms with Crippen LogP contribution < -0.4 is 10.7 Å². The summed E-state index contributed by atoms with van der Waals surface area (Å²) in [7, 11) is 1.26. The average Bonchev–Trinajstić information content (AvgIpc) is 2.91. The molecule has 3 rings (SSSR count). The number of esters is 1. The molecule has 2 amide bonds. The smallest absolute Gasteiger partial charge is 0.330 e. The summed E-state index contributed by atoms with van der Waals surface area (Å²) >= 11 is 1.53. The van der Waals surface area contributed by atoms with Gasteiger partial charge in [-0.05, 0) is 24.5 Å². The van der Waals surface area contributed by atoms with Crippen LogP contribution in [-0.2, 0) is 19.1 Å². The molecule has 0 spiro atoms. The topological polar surface area (TPSA) is 105 Å². The SMILES string of the molecule is COC(=O)[C@H](CCSC)N(C(C)=O)N1C(=O)C(N)N=C(c2ccccc2)c2ccccc21. The number of nitrogens with two attached hydrogens (primary N) is 1. The number of ether oxygens (including phenoxy) is 1. The highest BCUT2D eigenvalue weighted by atomic mass is 32.2. The number of hydrogen-bond acceptors (Lipinski definition) is 7. The van der Waals surface area contributed by atoms with Crippen LogP contribution in [0, 0.1) is 0 Å². The van der Waals surface area contributed by atoms with Crippen molar-refractivity contribution in [3.63, 3.8) is 0 Å². The van der Waals surface area contributed by atoms with Crippen LogP contribution in [0.2, 0.25) is 0 Å². The van der Waals surface area contributed by atoms with E-state index in [4.69, 9.17) is 10.5 Å². The summed E-state index contributed by atoms with van der Waals surface area (Å²) in [5, 5.41) is 2.33. The fraction of sp³-hybridized carbons (Fsp3) is 0.304. The number of hydrazine groups is 1. The normalized spacial score (nSPS) is 16.5. The van der Waals surface area contributed by atoms with E-state index in [1.54, 1.807) is 12.1 Å². The minimum absolute atomic E-state index is 0.307. The summed E-state index contributed by atoms with van der Waals surface area (Å²) in [5.74, 6) is -1.12. The summed E-state index contributed by atoms with van der Waals surface area (Å²) in [6.07, 6.45) is 0.939. The summed E-state index contributed by atoms with van der Waals surface area (Å²) in [6.45, 7) is 1.31. The van der Waals surface area contributed by atoms with Gasteiger partial charge in [0.05, 0.1) is 18.5 Å². The minimum Gasteiger partial charge on any atom is -0.467 e. The van der Waals surface area contributed by atoms with Gasteiger partial charge in [0.15, 0.2) is 12.2 Å². The number of methoxy groups -OCH3 is 1. The van der Waals surface area contributed by atoms with E-state index in [0.29, 0.717) is 29.1 Å². The number of carbonyl (C=O) groups is 3. The zero-order valence-electron chi connectivity index (χ0n) is 18.2. The Labute approximate surface area is 191 Å². The number of fused-ring (bicyclic) bond motifs is 1. The molecule has 1 heterocycles. The molecule has 0 saturated carbocycles. The maximum atomic E-state index is 13.5. The number of benzodiazepines with no additional fused rings is 1. The predicted molar refractivity (Wildman–Crippen MR) is 125 cm³/mol. The lowest BCUT2D eigenvalue weighted by atomic mass is 10.0. The molecule has 0 aromatic heterocycles. The number of anilines is 1. The van der Waals surface area contributed by atoms with Gasteiger partial charge in [-0.15, -0.1) is 0 Å². The Morgan fingerprint density at radius 2 is 1.84 bits per heavy atom. The highest BCUT2D eigenvalue weighted by Gasteiger charge is 2.40. The van der Waals surface area contributed by atoms with Gasteiger partial charge in [0, 0.05) is 18.1 Å². The van der Waals surface area contributed by atoms with Gasteiger partial charge in [0.25, 0.3) is 5.91 Å². The Bertz CT molecular complexity index is 1030. The van der Waals surface area contributed by atoms with Gasteiger partial charge in [0.1, 0.15) is 0 Å². The Hall–Kier alpha value is -3.17. The van der Waals surface area contributed by atoms with E-state index >= 15 is 0 Å². The van der Waals surface area contributed by atoms with Crippen molar-refractivity contribution in [3.05, 3.63) is 65.7 Å². The van der Waals surface area contributed by atoms with Crippen LogP contribution in [0.4, 0.5) is 5.69 Å². The van der Waals surface area contributed by atoms with Crippen molar-refractivity contribution < 1.29 is 19.1 Å². The van der Waals surface area contributed by atoms with Crippen LogP contribution in [0.3, 0.4) is 0 Å². The maximum Gasteiger partial charge on any atom is 0.330 e. The molecule has 1 aliphatic rings. The molecule has 2 N–H and O–H groups in total. The molecular weight excluding hydrogens is 428 g/mol. The molecule has 1 unspecified atom stereocenters. The maximum absolute atomic E-state index is 13.5. The van der Waals surface area contributed by atoms with Crippen molar-refractivity contribution >= 4 is 40.9 Å². The van der Waals surface area contributed by atoms with Crippen molar-refractivity contribution in [2.24, 2.45) is 10.7 Å². The van der Waals surface area contributed by atoms with E-state index < -0.39 is 30.0 Å². The number of para-hydroxylation sites is 1. The summed E-state index contributed by atoms with van der Waals surface area (Å²) in [5.41, 5.74) is 8.55. The average molecular weight is 455 g/mol. The zero-order valence-corrected chi connectivity index (χ0v) is 19.0. The molecule has 0 saturated heterocycles. The molecule has 8 nitrogen and oxygen atoms in total. The first-order valence-corrected chi connectivity index (χ1v) is 11.5. The van der Waals surface area contributed by atoms with E-state index in [2.05, 4.69) is 4.99 Å². The molecule has 0 bridgehead atoms. The van der Waals surface area contributed by atoms with Crippen LogP contribution in [0.5, 0.6) is 0 Å². The summed E-state index contributed by atoms with van der Waals surface area (Å²) in [4.78, 5) is 43.4. The highest BCUT2D eigenvalue weighted by molar-refractivity contribution is 7.98. The summed E-state index contributed by atoms with van der Waals surface area (Å²) in [6, 6.07) is 15.5. The standard InChI is InChI=1S/C23H26N4O4S/c1-15(28)26(19(13-14-32-3)23(30)31-2)27-18-12-8-7-11-17(18)20(25-21(24)22(27)29)16-9-5-4-6-10-16/h4-12,19,21H,13-14,24H2,1-3H3/t19-,21?/m0/s1. The molecular formula is C23H26N4O4S. The second kappa shape index (κ2) is 10.4. The number of carbonyl (C=O) groups excluding carboxylic acids is 3. The first-order chi connectivity index (χ1) is 15.4. The number of nitrogens with zero attached hydrogens (tertiary/aromatic N) is 3. The van der Waals surface area contributed by atoms with Crippen LogP contribution in [0.25, 0.3) is 0 Å². The van der Waals surface area contributed by atoms with Crippen molar-refractivity contribution in [1.29, 1.82) is 0 Å². The van der Waals surface area contributed by atoms with Crippen molar-refractivity contribution in [2.45, 2.75) is 25.6 Å². The molecule has 32 heavy (non-hydrogen) atoms. The third-order valence-corrected chi connectivity index (χ3v) is 5.71. The van der Waals surface area contributed by atoms with Gasteiger partial charge in [-0.1, -0.05) is 48.5 Å². The number of rotatable bonds is 7. The zero-order chi connectivity index (χ0) is 23.3. The van der Waals surface area contributed by atoms with E-state index in [-0.39, 0.29) is 0 Å². The fourth-order valence-electron chi connectivity index (χ4n) is 3.62. The first kappa shape index (κ1) is 23.5. The quantitative estimate of drug-likeness (QED) is 0.643. The molecule has 0 aliphatic carbocycles. The monoisotopic (exact) mass is 454 g/mol. The molecule has 0 fully saturated rings. The Balaban J connectivity index is 2.20. The van der Waals surface area contributed by atoms with Gasteiger partial charge in [-0.25, -0.2) is 14.8 Å². The lowest BCUT2D eigenvalue weighted by Crippen LogP contribution is -2.60. The molecule has 2 atom stereocenters. The number of aliphatic imine (C=N–C) groups is 1. The van der Waals surface area contributed by atoms with E-state index in [1.165, 1.54) is 30.8 Å². The number of hydrogen-bond donors (Lipinski definition) is 1. The van der Waals surface area contributed by atoms with Crippen molar-refractivity contribution in [1.82, 2.24) is 5.01 Å². The third-order valence-electron chi connectivity index (χ3n) is 5.07. The lowest BCUT2D eigenvalue weighted by molar-refractivity contribution is -0.154. The van der Waals surface area contributed by atoms with Gasteiger partial charge >= 0.3 is 5.97 Å². The first-order valence-electron chi connectivity index (χ1n) is 10.1. The van der Waals surface area contributed by atoms with E-state index in [1.807, 2.05) is 48.7 Å². The van der Waals surface area contributed by atoms with Crippen molar-refractivity contribution in [3.8, 4) is 0 Å². The lowest BCUT2D eigenvalue weighted by Gasteiger charge is -2.38. The van der Waals surface area contributed by atoms with Gasteiger partial charge in [0.2, 0.25) is 5.91 Å². The van der Waals surface area contributed by atoms with Crippen LogP contribution in [0.15, 0.2) is 59.6 Å². The second-order valence-corrected chi connectivity index (χ2v) is 8.13. The van der Waals surface area contributed by atoms with Gasteiger partial charge in [-0.2, -0.15) is 11.8 Å². The number of benzene rings is 2.